The zero-order chi connectivity index (χ0) is 13.0. The van der Waals surface area contributed by atoms with Gasteiger partial charge in [0.2, 0.25) is 0 Å². The number of nitrogens with one attached hydrogen (secondary N) is 1. The fourth-order valence-corrected chi connectivity index (χ4v) is 2.07. The first-order valence-corrected chi connectivity index (χ1v) is 6.48. The molecule has 18 heavy (non-hydrogen) atoms. The fourth-order valence-electron chi connectivity index (χ4n) is 1.69. The average molecular weight is 309 g/mol. The second-order valence-corrected chi connectivity index (χ2v) is 4.95. The fraction of sp³-hybridized carbons (Fsp3) is 0.143. The summed E-state index contributed by atoms with van der Waals surface area (Å²) in [6.07, 6.45) is 0.829. The molecule has 2 aromatic carbocycles. The van der Waals surface area contributed by atoms with Gasteiger partial charge in [-0.05, 0) is 42.3 Å². The Morgan fingerprint density at radius 3 is 2.50 bits per heavy atom. The van der Waals surface area contributed by atoms with E-state index in [1.807, 2.05) is 18.2 Å². The topological polar surface area (TPSA) is 38.0 Å². The Hall–Kier alpha value is -1.55. The van der Waals surface area contributed by atoms with Crippen molar-refractivity contribution in [3.8, 4) is 0 Å². The number of rotatable bonds is 4. The molecule has 0 aliphatic rings. The summed E-state index contributed by atoms with van der Waals surface area (Å²) in [4.78, 5) is 0. The van der Waals surface area contributed by atoms with E-state index in [9.17, 15) is 4.39 Å². The molecule has 0 unspecified atom stereocenters. The number of halogens is 2. The maximum Gasteiger partial charge on any atom is 0.123 e. The van der Waals surface area contributed by atoms with E-state index in [2.05, 4.69) is 21.2 Å². The van der Waals surface area contributed by atoms with Crippen molar-refractivity contribution in [2.24, 2.45) is 0 Å². The van der Waals surface area contributed by atoms with E-state index in [-0.39, 0.29) is 5.82 Å². The lowest BCUT2D eigenvalue weighted by molar-refractivity contribution is 0.627. The van der Waals surface area contributed by atoms with Gasteiger partial charge in [-0.1, -0.05) is 28.1 Å². The van der Waals surface area contributed by atoms with Gasteiger partial charge in [0.1, 0.15) is 5.82 Å². The van der Waals surface area contributed by atoms with Crippen LogP contribution in [-0.2, 0) is 6.42 Å². The molecular formula is C14H14BrFN2. The Balaban J connectivity index is 1.90. The second kappa shape index (κ2) is 5.87. The van der Waals surface area contributed by atoms with Gasteiger partial charge in [0.25, 0.3) is 0 Å². The minimum Gasteiger partial charge on any atom is -0.397 e. The molecule has 0 aromatic heterocycles. The molecule has 0 aliphatic carbocycles. The molecule has 2 nitrogen and oxygen atoms in total. The predicted molar refractivity (Wildman–Crippen MR) is 77.1 cm³/mol. The van der Waals surface area contributed by atoms with Gasteiger partial charge in [-0.15, -0.1) is 0 Å². The van der Waals surface area contributed by atoms with Crippen molar-refractivity contribution in [1.29, 1.82) is 0 Å². The number of benzene rings is 2. The van der Waals surface area contributed by atoms with Crippen molar-refractivity contribution in [3.05, 3.63) is 58.3 Å². The Morgan fingerprint density at radius 2 is 1.83 bits per heavy atom. The smallest absolute Gasteiger partial charge is 0.123 e. The Kier molecular flexibility index (Phi) is 4.20. The number of nitrogen functional groups attached to an aromatic ring is 1. The first-order chi connectivity index (χ1) is 8.65. The van der Waals surface area contributed by atoms with E-state index < -0.39 is 0 Å². The van der Waals surface area contributed by atoms with Crippen LogP contribution in [0.15, 0.2) is 46.9 Å². The minimum atomic E-state index is -0.205. The van der Waals surface area contributed by atoms with Gasteiger partial charge in [-0.25, -0.2) is 4.39 Å². The summed E-state index contributed by atoms with van der Waals surface area (Å²) in [5, 5.41) is 3.26. The Morgan fingerprint density at radius 1 is 1.11 bits per heavy atom. The van der Waals surface area contributed by atoms with Gasteiger partial charge in [0, 0.05) is 11.0 Å². The van der Waals surface area contributed by atoms with Crippen LogP contribution in [0.4, 0.5) is 15.8 Å². The predicted octanol–water partition coefficient (Wildman–Crippen LogP) is 3.83. The molecule has 3 N–H and O–H groups in total. The summed E-state index contributed by atoms with van der Waals surface area (Å²) in [6, 6.07) is 12.3. The van der Waals surface area contributed by atoms with E-state index in [0.29, 0.717) is 5.69 Å². The first kappa shape index (κ1) is 12.9. The lowest BCUT2D eigenvalue weighted by Gasteiger charge is -2.09. The standard InChI is InChI=1S/C14H14BrFN2/c15-11-3-6-14(13(17)9-11)18-8-7-10-1-4-12(16)5-2-10/h1-6,9,18H,7-8,17H2. The quantitative estimate of drug-likeness (QED) is 0.843. The first-order valence-electron chi connectivity index (χ1n) is 5.68. The van der Waals surface area contributed by atoms with E-state index in [1.54, 1.807) is 12.1 Å². The number of hydrogen-bond acceptors (Lipinski definition) is 2. The van der Waals surface area contributed by atoms with Crippen LogP contribution in [-0.4, -0.2) is 6.54 Å². The molecule has 0 fully saturated rings. The molecule has 0 atom stereocenters. The zero-order valence-electron chi connectivity index (χ0n) is 9.79. The van der Waals surface area contributed by atoms with Gasteiger partial charge in [-0.3, -0.25) is 0 Å². The largest absolute Gasteiger partial charge is 0.397 e. The van der Waals surface area contributed by atoms with Crippen molar-refractivity contribution < 1.29 is 4.39 Å². The molecule has 2 aromatic rings. The molecule has 0 saturated carbocycles. The highest BCUT2D eigenvalue weighted by molar-refractivity contribution is 9.10. The van der Waals surface area contributed by atoms with Crippen molar-refractivity contribution in [2.75, 3.05) is 17.6 Å². The average Bonchev–Trinajstić information content (AvgIpc) is 2.34. The van der Waals surface area contributed by atoms with E-state index >= 15 is 0 Å². The van der Waals surface area contributed by atoms with E-state index in [4.69, 9.17) is 5.73 Å². The third-order valence-corrected chi connectivity index (χ3v) is 3.15. The van der Waals surface area contributed by atoms with Crippen LogP contribution >= 0.6 is 15.9 Å². The summed E-state index contributed by atoms with van der Waals surface area (Å²) >= 11 is 3.36. The summed E-state index contributed by atoms with van der Waals surface area (Å²) in [5.74, 6) is -0.205. The molecular weight excluding hydrogens is 295 g/mol. The van der Waals surface area contributed by atoms with Gasteiger partial charge < -0.3 is 11.1 Å². The molecule has 0 heterocycles. The molecule has 0 amide bonds. The van der Waals surface area contributed by atoms with Crippen LogP contribution in [0.25, 0.3) is 0 Å². The van der Waals surface area contributed by atoms with Crippen molar-refractivity contribution in [1.82, 2.24) is 0 Å². The van der Waals surface area contributed by atoms with Crippen molar-refractivity contribution in [3.63, 3.8) is 0 Å². The normalized spacial score (nSPS) is 10.3. The van der Waals surface area contributed by atoms with Gasteiger partial charge in [-0.2, -0.15) is 0 Å². The molecule has 94 valence electrons. The maximum atomic E-state index is 12.7. The van der Waals surface area contributed by atoms with Crippen LogP contribution in [0.5, 0.6) is 0 Å². The number of hydrogen-bond donors (Lipinski definition) is 2. The Labute approximate surface area is 114 Å². The summed E-state index contributed by atoms with van der Waals surface area (Å²) in [7, 11) is 0. The monoisotopic (exact) mass is 308 g/mol. The van der Waals surface area contributed by atoms with E-state index in [0.717, 1.165) is 28.7 Å². The lowest BCUT2D eigenvalue weighted by Crippen LogP contribution is -2.06. The molecule has 4 heteroatoms. The third-order valence-electron chi connectivity index (χ3n) is 2.66. The lowest BCUT2D eigenvalue weighted by atomic mass is 10.1. The molecule has 0 radical (unpaired) electrons. The van der Waals surface area contributed by atoms with Gasteiger partial charge >= 0.3 is 0 Å². The van der Waals surface area contributed by atoms with Crippen LogP contribution < -0.4 is 11.1 Å². The SMILES string of the molecule is Nc1cc(Br)ccc1NCCc1ccc(F)cc1. The highest BCUT2D eigenvalue weighted by Crippen LogP contribution is 2.22. The molecule has 0 bridgehead atoms. The molecule has 0 spiro atoms. The van der Waals surface area contributed by atoms with E-state index in [1.165, 1.54) is 12.1 Å². The second-order valence-electron chi connectivity index (χ2n) is 4.03. The Bertz CT molecular complexity index is 526. The maximum absolute atomic E-state index is 12.7. The molecule has 0 saturated heterocycles. The van der Waals surface area contributed by atoms with Crippen LogP contribution in [0.3, 0.4) is 0 Å². The number of nitrogens with two attached hydrogens (primary N) is 1. The van der Waals surface area contributed by atoms with Gasteiger partial charge in [0.15, 0.2) is 0 Å². The molecule has 0 aliphatic heterocycles. The highest BCUT2D eigenvalue weighted by atomic mass is 79.9. The summed E-state index contributed by atoms with van der Waals surface area (Å²) in [5.41, 5.74) is 8.60. The highest BCUT2D eigenvalue weighted by Gasteiger charge is 1.99. The third kappa shape index (κ3) is 3.47. The summed E-state index contributed by atoms with van der Waals surface area (Å²) < 4.78 is 13.7. The van der Waals surface area contributed by atoms with Crippen LogP contribution in [0, 0.1) is 5.82 Å². The van der Waals surface area contributed by atoms with Crippen molar-refractivity contribution in [2.45, 2.75) is 6.42 Å². The van der Waals surface area contributed by atoms with Crippen LogP contribution in [0.2, 0.25) is 0 Å². The van der Waals surface area contributed by atoms with Crippen molar-refractivity contribution >= 4 is 27.3 Å². The van der Waals surface area contributed by atoms with Gasteiger partial charge in [0.05, 0.1) is 11.4 Å². The van der Waals surface area contributed by atoms with Crippen LogP contribution in [0.1, 0.15) is 5.56 Å². The molecule has 2 rings (SSSR count). The summed E-state index contributed by atoms with van der Waals surface area (Å²) in [6.45, 7) is 0.761. The number of anilines is 2. The zero-order valence-corrected chi connectivity index (χ0v) is 11.4. The minimum absolute atomic E-state index is 0.205.